The van der Waals surface area contributed by atoms with Gasteiger partial charge < -0.3 is 10.1 Å². The number of rotatable bonds is 3. The number of hydrogen-bond acceptors (Lipinski definition) is 2. The first kappa shape index (κ1) is 13.8. The molecule has 0 spiro atoms. The normalized spacial score (nSPS) is 11.6. The quantitative estimate of drug-likeness (QED) is 0.908. The summed E-state index contributed by atoms with van der Waals surface area (Å²) in [5.74, 6) is -0.441. The van der Waals surface area contributed by atoms with Crippen molar-refractivity contribution < 1.29 is 9.90 Å². The van der Waals surface area contributed by atoms with Gasteiger partial charge in [-0.2, -0.15) is 0 Å². The summed E-state index contributed by atoms with van der Waals surface area (Å²) in [7, 11) is 0. The zero-order valence-corrected chi connectivity index (χ0v) is 12.6. The van der Waals surface area contributed by atoms with Crippen molar-refractivity contribution in [1.82, 2.24) is 9.97 Å². The van der Waals surface area contributed by atoms with E-state index in [1.165, 1.54) is 0 Å². The second kappa shape index (κ2) is 4.81. The number of aliphatic carboxylic acids is 1. The van der Waals surface area contributed by atoms with E-state index >= 15 is 0 Å². The highest BCUT2D eigenvalue weighted by atomic mass is 79.9. The topological polar surface area (TPSA) is 66.0 Å². The lowest BCUT2D eigenvalue weighted by molar-refractivity contribution is -0.142. The molecular formula is C14H15BrN2O2. The average Bonchev–Trinajstić information content (AvgIpc) is 2.72. The summed E-state index contributed by atoms with van der Waals surface area (Å²) in [4.78, 5) is 18.8. The van der Waals surface area contributed by atoms with Crippen LogP contribution in [0.25, 0.3) is 11.3 Å². The zero-order valence-electron chi connectivity index (χ0n) is 11.0. The highest BCUT2D eigenvalue weighted by Gasteiger charge is 2.33. The molecule has 2 rings (SSSR count). The van der Waals surface area contributed by atoms with Crippen molar-refractivity contribution in [3.63, 3.8) is 0 Å². The van der Waals surface area contributed by atoms with Crippen LogP contribution in [0.15, 0.2) is 28.7 Å². The molecule has 0 saturated carbocycles. The van der Waals surface area contributed by atoms with Gasteiger partial charge in [0.1, 0.15) is 11.2 Å². The van der Waals surface area contributed by atoms with Crippen LogP contribution in [0.1, 0.15) is 25.4 Å². The highest BCUT2D eigenvalue weighted by molar-refractivity contribution is 9.10. The molecule has 1 aromatic heterocycles. The van der Waals surface area contributed by atoms with E-state index in [2.05, 4.69) is 25.9 Å². The van der Waals surface area contributed by atoms with E-state index in [9.17, 15) is 9.90 Å². The molecule has 19 heavy (non-hydrogen) atoms. The summed E-state index contributed by atoms with van der Waals surface area (Å²) in [6, 6.07) is 7.74. The summed E-state index contributed by atoms with van der Waals surface area (Å²) in [5.41, 5.74) is 1.54. The van der Waals surface area contributed by atoms with Crippen LogP contribution in [0.2, 0.25) is 0 Å². The molecule has 4 nitrogen and oxygen atoms in total. The van der Waals surface area contributed by atoms with Gasteiger partial charge >= 0.3 is 5.97 Å². The Bertz CT molecular complexity index is 632. The average molecular weight is 323 g/mol. The van der Waals surface area contributed by atoms with Crippen LogP contribution in [0.4, 0.5) is 0 Å². The third-order valence-corrected chi connectivity index (χ3v) is 3.83. The lowest BCUT2D eigenvalue weighted by atomic mass is 9.93. The Labute approximate surface area is 120 Å². The first-order valence-corrected chi connectivity index (χ1v) is 6.68. The molecule has 0 atom stereocenters. The number of aryl methyl sites for hydroxylation is 1. The molecule has 0 fully saturated rings. The molecule has 0 amide bonds. The van der Waals surface area contributed by atoms with Crippen molar-refractivity contribution in [3.05, 3.63) is 40.3 Å². The number of aromatic amines is 1. The third-order valence-electron chi connectivity index (χ3n) is 3.14. The molecule has 0 unspecified atom stereocenters. The van der Waals surface area contributed by atoms with E-state index in [0.717, 1.165) is 21.4 Å². The van der Waals surface area contributed by atoms with Gasteiger partial charge in [-0.25, -0.2) is 4.98 Å². The van der Waals surface area contributed by atoms with E-state index in [0.29, 0.717) is 5.82 Å². The lowest BCUT2D eigenvalue weighted by Gasteiger charge is -2.15. The molecule has 100 valence electrons. The van der Waals surface area contributed by atoms with Gasteiger partial charge in [-0.1, -0.05) is 34.1 Å². The van der Waals surface area contributed by atoms with Gasteiger partial charge in [0.2, 0.25) is 0 Å². The number of carboxylic acids is 1. The number of carboxylic acid groups (broad SMARTS) is 1. The van der Waals surface area contributed by atoms with Gasteiger partial charge in [0.15, 0.2) is 0 Å². The number of benzene rings is 1. The van der Waals surface area contributed by atoms with Crippen LogP contribution >= 0.6 is 15.9 Å². The van der Waals surface area contributed by atoms with E-state index in [1.807, 2.05) is 31.2 Å². The fraction of sp³-hybridized carbons (Fsp3) is 0.286. The molecule has 0 saturated heterocycles. The van der Waals surface area contributed by atoms with Crippen molar-refractivity contribution in [2.75, 3.05) is 0 Å². The standard InChI is InChI=1S/C14H15BrN2O2/c1-8-11(9-6-4-5-7-10(9)15)17-12(16-8)14(2,3)13(18)19/h4-7H,1-3H3,(H,16,17)(H,18,19). The van der Waals surface area contributed by atoms with Crippen molar-refractivity contribution in [1.29, 1.82) is 0 Å². The van der Waals surface area contributed by atoms with Gasteiger partial charge in [-0.3, -0.25) is 4.79 Å². The Balaban J connectivity index is 2.55. The molecule has 5 heteroatoms. The molecule has 1 heterocycles. The molecule has 2 N–H and O–H groups in total. The molecule has 0 radical (unpaired) electrons. The van der Waals surface area contributed by atoms with Crippen LogP contribution in [0.3, 0.4) is 0 Å². The monoisotopic (exact) mass is 322 g/mol. The predicted molar refractivity (Wildman–Crippen MR) is 77.1 cm³/mol. The fourth-order valence-corrected chi connectivity index (χ4v) is 2.25. The number of nitrogens with zero attached hydrogens (tertiary/aromatic N) is 1. The fourth-order valence-electron chi connectivity index (χ4n) is 1.77. The third kappa shape index (κ3) is 2.42. The maximum absolute atomic E-state index is 11.3. The van der Waals surface area contributed by atoms with Crippen molar-refractivity contribution in [3.8, 4) is 11.3 Å². The molecule has 0 aliphatic heterocycles. The second-order valence-corrected chi connectivity index (χ2v) is 5.82. The number of H-pyrrole nitrogens is 1. The van der Waals surface area contributed by atoms with E-state index in [1.54, 1.807) is 13.8 Å². The highest BCUT2D eigenvalue weighted by Crippen LogP contribution is 2.31. The Kier molecular flexibility index (Phi) is 3.49. The number of imidazole rings is 1. The second-order valence-electron chi connectivity index (χ2n) is 4.97. The minimum Gasteiger partial charge on any atom is -0.481 e. The lowest BCUT2D eigenvalue weighted by Crippen LogP contribution is -2.29. The van der Waals surface area contributed by atoms with E-state index < -0.39 is 11.4 Å². The number of halogens is 1. The van der Waals surface area contributed by atoms with Crippen molar-refractivity contribution in [2.24, 2.45) is 0 Å². The molecule has 0 bridgehead atoms. The summed E-state index contributed by atoms with van der Waals surface area (Å²) >= 11 is 3.49. The maximum atomic E-state index is 11.3. The van der Waals surface area contributed by atoms with Gasteiger partial charge in [0.05, 0.1) is 5.69 Å². The van der Waals surface area contributed by atoms with Gasteiger partial charge in [-0.05, 0) is 26.8 Å². The predicted octanol–water partition coefficient (Wildman–Crippen LogP) is 3.51. The number of carbonyl (C=O) groups is 1. The SMILES string of the molecule is Cc1[nH]c(C(C)(C)C(=O)O)nc1-c1ccccc1Br. The van der Waals surface area contributed by atoms with E-state index in [4.69, 9.17) is 0 Å². The van der Waals surface area contributed by atoms with Gasteiger partial charge in [0, 0.05) is 15.7 Å². The summed E-state index contributed by atoms with van der Waals surface area (Å²) in [6.07, 6.45) is 0. The van der Waals surface area contributed by atoms with Crippen molar-refractivity contribution in [2.45, 2.75) is 26.2 Å². The molecule has 0 aliphatic carbocycles. The summed E-state index contributed by atoms with van der Waals surface area (Å²) in [5, 5.41) is 9.25. The largest absolute Gasteiger partial charge is 0.481 e. The van der Waals surface area contributed by atoms with Gasteiger partial charge in [0.25, 0.3) is 0 Å². The Morgan fingerprint density at radius 2 is 2.00 bits per heavy atom. The van der Waals surface area contributed by atoms with E-state index in [-0.39, 0.29) is 0 Å². The van der Waals surface area contributed by atoms with Crippen LogP contribution < -0.4 is 0 Å². The number of nitrogens with one attached hydrogen (secondary N) is 1. The van der Waals surface area contributed by atoms with Crippen LogP contribution in [-0.4, -0.2) is 21.0 Å². The first-order valence-electron chi connectivity index (χ1n) is 5.89. The van der Waals surface area contributed by atoms with Gasteiger partial charge in [-0.15, -0.1) is 0 Å². The molecular weight excluding hydrogens is 308 g/mol. The van der Waals surface area contributed by atoms with Crippen LogP contribution in [0, 0.1) is 6.92 Å². The Morgan fingerprint density at radius 3 is 2.58 bits per heavy atom. The van der Waals surface area contributed by atoms with Crippen LogP contribution in [0.5, 0.6) is 0 Å². The zero-order chi connectivity index (χ0) is 14.2. The maximum Gasteiger partial charge on any atom is 0.316 e. The Hall–Kier alpha value is -1.62. The first-order chi connectivity index (χ1) is 8.84. The molecule has 0 aliphatic rings. The van der Waals surface area contributed by atoms with Crippen molar-refractivity contribution >= 4 is 21.9 Å². The molecule has 2 aromatic rings. The Morgan fingerprint density at radius 1 is 1.37 bits per heavy atom. The minimum absolute atomic E-state index is 0.461. The summed E-state index contributed by atoms with van der Waals surface area (Å²) in [6.45, 7) is 5.16. The minimum atomic E-state index is -1.04. The number of hydrogen-bond donors (Lipinski definition) is 2. The summed E-state index contributed by atoms with van der Waals surface area (Å²) < 4.78 is 0.935. The van der Waals surface area contributed by atoms with Crippen LogP contribution in [-0.2, 0) is 10.2 Å². The number of aromatic nitrogens is 2. The molecule has 1 aromatic carbocycles. The smallest absolute Gasteiger partial charge is 0.316 e.